The van der Waals surface area contributed by atoms with Crippen LogP contribution in [0.2, 0.25) is 0 Å². The largest absolute Gasteiger partial charge is 0.455 e. The van der Waals surface area contributed by atoms with Crippen LogP contribution < -0.4 is 4.90 Å². The van der Waals surface area contributed by atoms with E-state index in [4.69, 9.17) is 4.42 Å². The SMILES string of the molecule is C1=CC(N(c2ccc(-c3cccc(-c4ccc5ccccc5c4)c3)cc2)c2ccccc2-c2cccc3c2oc2c4ccccc4ccc32)=CC(c2ccccc2)C1. The minimum absolute atomic E-state index is 0.264. The number of rotatable bonds is 7. The predicted octanol–water partition coefficient (Wildman–Crippen LogP) is 15.7. The standard InChI is InChI=1S/C56H39NO/c1-2-13-38(14-3-1)45-20-11-21-48(37-45)57(47-32-29-40(30-33-47)43-18-10-19-44(35-43)46-28-27-39-15-4-5-17-42(39)36-46)54-26-9-8-23-50(54)51-24-12-25-52-53-34-31-41-16-6-7-22-49(41)55(53)58-56(51)52/h1-19,21-37,45H,20H2. The number of hydrogen-bond acceptors (Lipinski definition) is 2. The Bertz CT molecular complexity index is 3200. The van der Waals surface area contributed by atoms with Crippen molar-refractivity contribution in [1.29, 1.82) is 0 Å². The van der Waals surface area contributed by atoms with Gasteiger partial charge in [0, 0.05) is 44.6 Å². The summed E-state index contributed by atoms with van der Waals surface area (Å²) in [6.45, 7) is 0. The smallest absolute Gasteiger partial charge is 0.143 e. The van der Waals surface area contributed by atoms with E-state index in [1.54, 1.807) is 0 Å². The van der Waals surface area contributed by atoms with Gasteiger partial charge >= 0.3 is 0 Å². The fourth-order valence-corrected chi connectivity index (χ4v) is 8.86. The molecular weight excluding hydrogens is 703 g/mol. The number of furan rings is 1. The van der Waals surface area contributed by atoms with Gasteiger partial charge < -0.3 is 9.32 Å². The van der Waals surface area contributed by atoms with Crippen molar-refractivity contribution in [1.82, 2.24) is 0 Å². The lowest BCUT2D eigenvalue weighted by Crippen LogP contribution is -2.18. The predicted molar refractivity (Wildman–Crippen MR) is 245 cm³/mol. The lowest BCUT2D eigenvalue weighted by atomic mass is 9.90. The average molecular weight is 742 g/mol. The van der Waals surface area contributed by atoms with Gasteiger partial charge in [-0.1, -0.05) is 176 Å². The second kappa shape index (κ2) is 14.3. The summed E-state index contributed by atoms with van der Waals surface area (Å²) >= 11 is 0. The molecule has 9 aromatic carbocycles. The average Bonchev–Trinajstić information content (AvgIpc) is 3.70. The van der Waals surface area contributed by atoms with Crippen molar-refractivity contribution in [2.45, 2.75) is 12.3 Å². The Hall–Kier alpha value is -7.42. The Morgan fingerprint density at radius 3 is 1.95 bits per heavy atom. The van der Waals surface area contributed by atoms with Crippen LogP contribution >= 0.6 is 0 Å². The molecule has 0 bridgehead atoms. The molecule has 0 radical (unpaired) electrons. The third kappa shape index (κ3) is 5.98. The van der Waals surface area contributed by atoms with Gasteiger partial charge in [-0.15, -0.1) is 0 Å². The molecule has 0 saturated carbocycles. The van der Waals surface area contributed by atoms with Gasteiger partial charge in [0.2, 0.25) is 0 Å². The van der Waals surface area contributed by atoms with Crippen LogP contribution in [-0.2, 0) is 0 Å². The summed E-state index contributed by atoms with van der Waals surface area (Å²) in [5.74, 6) is 0.264. The maximum Gasteiger partial charge on any atom is 0.143 e. The van der Waals surface area contributed by atoms with Gasteiger partial charge in [0.25, 0.3) is 0 Å². The van der Waals surface area contributed by atoms with Gasteiger partial charge in [0.15, 0.2) is 0 Å². The van der Waals surface area contributed by atoms with Crippen LogP contribution in [0.3, 0.4) is 0 Å². The number of allylic oxidation sites excluding steroid dienone is 3. The number of anilines is 2. The highest BCUT2D eigenvalue weighted by atomic mass is 16.3. The highest BCUT2D eigenvalue weighted by molar-refractivity contribution is 6.17. The summed E-state index contributed by atoms with van der Waals surface area (Å²) in [6, 6.07) is 72.2. The molecule has 10 aromatic rings. The first-order chi connectivity index (χ1) is 28.7. The molecule has 0 N–H and O–H groups in total. The maximum absolute atomic E-state index is 6.89. The van der Waals surface area contributed by atoms with Crippen molar-refractivity contribution in [3.63, 3.8) is 0 Å². The summed E-state index contributed by atoms with van der Waals surface area (Å²) in [4.78, 5) is 2.42. The third-order valence-electron chi connectivity index (χ3n) is 11.8. The molecule has 1 unspecified atom stereocenters. The molecule has 1 aliphatic rings. The van der Waals surface area contributed by atoms with Gasteiger partial charge in [-0.3, -0.25) is 0 Å². The normalized spacial score (nSPS) is 14.0. The molecule has 0 aliphatic heterocycles. The number of fused-ring (bicyclic) bond motifs is 6. The molecule has 1 aromatic heterocycles. The summed E-state index contributed by atoms with van der Waals surface area (Å²) in [5, 5.41) is 7.06. The van der Waals surface area contributed by atoms with Gasteiger partial charge in [-0.25, -0.2) is 0 Å². The number of nitrogens with zero attached hydrogens (tertiary/aromatic N) is 1. The zero-order chi connectivity index (χ0) is 38.4. The number of benzene rings is 9. The van der Waals surface area contributed by atoms with E-state index < -0.39 is 0 Å². The summed E-state index contributed by atoms with van der Waals surface area (Å²) in [7, 11) is 0. The fraction of sp³-hybridized carbons (Fsp3) is 0.0357. The Morgan fingerprint density at radius 2 is 1.07 bits per heavy atom. The quantitative estimate of drug-likeness (QED) is 0.162. The molecule has 0 spiro atoms. The second-order valence-electron chi connectivity index (χ2n) is 15.2. The van der Waals surface area contributed by atoms with E-state index in [1.165, 1.54) is 44.0 Å². The summed E-state index contributed by atoms with van der Waals surface area (Å²) in [6.07, 6.45) is 7.99. The van der Waals surface area contributed by atoms with E-state index in [1.807, 2.05) is 0 Å². The molecule has 2 nitrogen and oxygen atoms in total. The third-order valence-corrected chi connectivity index (χ3v) is 11.8. The monoisotopic (exact) mass is 741 g/mol. The van der Waals surface area contributed by atoms with E-state index in [2.05, 4.69) is 223 Å². The zero-order valence-corrected chi connectivity index (χ0v) is 31.9. The van der Waals surface area contributed by atoms with Crippen molar-refractivity contribution < 1.29 is 4.42 Å². The zero-order valence-electron chi connectivity index (χ0n) is 31.9. The topological polar surface area (TPSA) is 16.4 Å². The molecule has 0 saturated heterocycles. The molecule has 0 fully saturated rings. The van der Waals surface area contributed by atoms with Gasteiger partial charge in [-0.05, 0) is 92.9 Å². The lowest BCUT2D eigenvalue weighted by molar-refractivity contribution is 0.674. The molecule has 274 valence electrons. The molecule has 0 amide bonds. The van der Waals surface area contributed by atoms with Crippen LogP contribution in [-0.4, -0.2) is 0 Å². The van der Waals surface area contributed by atoms with E-state index in [-0.39, 0.29) is 5.92 Å². The first-order valence-corrected chi connectivity index (χ1v) is 20.1. The minimum Gasteiger partial charge on any atom is -0.455 e. The Kier molecular flexibility index (Phi) is 8.33. The van der Waals surface area contributed by atoms with E-state index in [0.29, 0.717) is 0 Å². The van der Waals surface area contributed by atoms with Crippen LogP contribution in [0, 0.1) is 0 Å². The first-order valence-electron chi connectivity index (χ1n) is 20.1. The highest BCUT2D eigenvalue weighted by Gasteiger charge is 2.23. The van der Waals surface area contributed by atoms with Crippen molar-refractivity contribution in [3.05, 3.63) is 230 Å². The van der Waals surface area contributed by atoms with E-state index in [0.717, 1.165) is 61.9 Å². The Labute approximate surface area is 338 Å². The van der Waals surface area contributed by atoms with Crippen LogP contribution in [0.4, 0.5) is 11.4 Å². The van der Waals surface area contributed by atoms with Crippen LogP contribution in [0.25, 0.3) is 76.9 Å². The van der Waals surface area contributed by atoms with Gasteiger partial charge in [0.1, 0.15) is 11.2 Å². The molecule has 58 heavy (non-hydrogen) atoms. The Balaban J connectivity index is 1.04. The molecule has 1 aliphatic carbocycles. The second-order valence-corrected chi connectivity index (χ2v) is 15.2. The summed E-state index contributed by atoms with van der Waals surface area (Å²) < 4.78 is 6.89. The molecule has 1 heterocycles. The highest BCUT2D eigenvalue weighted by Crippen LogP contribution is 2.45. The van der Waals surface area contributed by atoms with Crippen molar-refractivity contribution in [3.8, 4) is 33.4 Å². The van der Waals surface area contributed by atoms with Crippen LogP contribution in [0.1, 0.15) is 17.9 Å². The maximum atomic E-state index is 6.89. The first kappa shape index (κ1) is 33.9. The molecular formula is C56H39NO. The lowest BCUT2D eigenvalue weighted by Gasteiger charge is -2.31. The van der Waals surface area contributed by atoms with Crippen molar-refractivity contribution in [2.75, 3.05) is 4.90 Å². The van der Waals surface area contributed by atoms with Gasteiger partial charge in [-0.2, -0.15) is 0 Å². The van der Waals surface area contributed by atoms with E-state index >= 15 is 0 Å². The molecule has 11 rings (SSSR count). The van der Waals surface area contributed by atoms with Crippen LogP contribution in [0.5, 0.6) is 0 Å². The fourth-order valence-electron chi connectivity index (χ4n) is 8.86. The minimum atomic E-state index is 0.264. The van der Waals surface area contributed by atoms with Gasteiger partial charge in [0.05, 0.1) is 5.69 Å². The number of hydrogen-bond donors (Lipinski definition) is 0. The molecule has 1 atom stereocenters. The van der Waals surface area contributed by atoms with Crippen molar-refractivity contribution in [2.24, 2.45) is 0 Å². The van der Waals surface area contributed by atoms with E-state index in [9.17, 15) is 0 Å². The Morgan fingerprint density at radius 1 is 0.431 bits per heavy atom. The van der Waals surface area contributed by atoms with Crippen molar-refractivity contribution >= 4 is 54.9 Å². The molecule has 2 heteroatoms. The number of para-hydroxylation sites is 2. The summed E-state index contributed by atoms with van der Waals surface area (Å²) in [5.41, 5.74) is 13.4. The van der Waals surface area contributed by atoms with Crippen LogP contribution in [0.15, 0.2) is 229 Å².